The van der Waals surface area contributed by atoms with Crippen molar-refractivity contribution in [1.29, 1.82) is 0 Å². The van der Waals surface area contributed by atoms with Crippen molar-refractivity contribution >= 4 is 29.5 Å². The van der Waals surface area contributed by atoms with Crippen LogP contribution in [-0.4, -0.2) is 45.7 Å². The number of rotatable bonds is 9. The Morgan fingerprint density at radius 1 is 0.929 bits per heavy atom. The lowest BCUT2D eigenvalue weighted by molar-refractivity contribution is -0.138. The lowest BCUT2D eigenvalue weighted by atomic mass is 10.2. The zero-order valence-electron chi connectivity index (χ0n) is 16.3. The SMILES string of the molecule is CC(=O)O.CCCCCCNC(=O)CCC(=O)O.Nc1ccc(C(=O)O)cc1. The van der Waals surface area contributed by atoms with E-state index < -0.39 is 17.9 Å². The maximum atomic E-state index is 11.0. The second-order valence-electron chi connectivity index (χ2n) is 5.75. The maximum absolute atomic E-state index is 11.0. The Kier molecular flexibility index (Phi) is 16.8. The molecule has 0 aliphatic carbocycles. The van der Waals surface area contributed by atoms with Crippen molar-refractivity contribution in [3.8, 4) is 0 Å². The number of unbranched alkanes of at least 4 members (excludes halogenated alkanes) is 3. The van der Waals surface area contributed by atoms with Gasteiger partial charge in [-0.15, -0.1) is 0 Å². The predicted octanol–water partition coefficient (Wildman–Crippen LogP) is 2.61. The van der Waals surface area contributed by atoms with Crippen LogP contribution in [0.25, 0.3) is 0 Å². The van der Waals surface area contributed by atoms with Gasteiger partial charge in [0.15, 0.2) is 0 Å². The Hall–Kier alpha value is -3.10. The molecule has 0 radical (unpaired) electrons. The third kappa shape index (κ3) is 20.9. The molecule has 1 aromatic carbocycles. The Bertz CT molecular complexity index is 597. The van der Waals surface area contributed by atoms with Crippen LogP contribution < -0.4 is 11.1 Å². The largest absolute Gasteiger partial charge is 0.481 e. The molecule has 1 aromatic rings. The molecule has 0 saturated heterocycles. The highest BCUT2D eigenvalue weighted by atomic mass is 16.4. The normalized spacial score (nSPS) is 9.07. The third-order valence-electron chi connectivity index (χ3n) is 3.08. The Labute approximate surface area is 164 Å². The monoisotopic (exact) mass is 398 g/mol. The fraction of sp³-hybridized carbons (Fsp3) is 0.474. The molecular weight excluding hydrogens is 368 g/mol. The van der Waals surface area contributed by atoms with E-state index in [1.165, 1.54) is 25.0 Å². The first-order valence-electron chi connectivity index (χ1n) is 8.87. The molecule has 0 fully saturated rings. The minimum atomic E-state index is -0.931. The van der Waals surface area contributed by atoms with Crippen molar-refractivity contribution in [2.75, 3.05) is 12.3 Å². The van der Waals surface area contributed by atoms with Crippen molar-refractivity contribution in [2.24, 2.45) is 0 Å². The highest BCUT2D eigenvalue weighted by molar-refractivity contribution is 5.87. The number of benzene rings is 1. The van der Waals surface area contributed by atoms with Gasteiger partial charge in [-0.25, -0.2) is 4.79 Å². The molecule has 0 aliphatic heterocycles. The van der Waals surface area contributed by atoms with Crippen molar-refractivity contribution in [1.82, 2.24) is 5.32 Å². The molecule has 28 heavy (non-hydrogen) atoms. The fourth-order valence-corrected chi connectivity index (χ4v) is 1.71. The molecule has 0 saturated carbocycles. The first-order valence-corrected chi connectivity index (χ1v) is 8.87. The van der Waals surface area contributed by atoms with Gasteiger partial charge in [-0.3, -0.25) is 14.4 Å². The van der Waals surface area contributed by atoms with E-state index >= 15 is 0 Å². The minimum absolute atomic E-state index is 0.0825. The summed E-state index contributed by atoms with van der Waals surface area (Å²) in [5, 5.41) is 26.9. The zero-order valence-corrected chi connectivity index (χ0v) is 16.3. The smallest absolute Gasteiger partial charge is 0.335 e. The van der Waals surface area contributed by atoms with E-state index in [2.05, 4.69) is 12.2 Å². The number of nitrogens with one attached hydrogen (secondary N) is 1. The fourth-order valence-electron chi connectivity index (χ4n) is 1.71. The number of carboxylic acid groups (broad SMARTS) is 3. The zero-order chi connectivity index (χ0) is 21.9. The summed E-state index contributed by atoms with van der Waals surface area (Å²) in [6, 6.07) is 6.06. The van der Waals surface area contributed by atoms with Gasteiger partial charge in [-0.05, 0) is 30.7 Å². The second kappa shape index (κ2) is 17.3. The summed E-state index contributed by atoms with van der Waals surface area (Å²) in [6.07, 6.45) is 4.46. The van der Waals surface area contributed by atoms with E-state index in [4.69, 9.17) is 25.8 Å². The van der Waals surface area contributed by atoms with Crippen LogP contribution in [0.15, 0.2) is 24.3 Å². The third-order valence-corrected chi connectivity index (χ3v) is 3.08. The van der Waals surface area contributed by atoms with Crippen LogP contribution in [0.2, 0.25) is 0 Å². The number of amides is 1. The van der Waals surface area contributed by atoms with Crippen LogP contribution in [-0.2, 0) is 14.4 Å². The van der Waals surface area contributed by atoms with Gasteiger partial charge in [0, 0.05) is 25.6 Å². The average molecular weight is 398 g/mol. The van der Waals surface area contributed by atoms with Crippen LogP contribution in [0.1, 0.15) is 62.7 Å². The summed E-state index contributed by atoms with van der Waals surface area (Å²) in [6.45, 7) is 3.88. The Morgan fingerprint density at radius 2 is 1.46 bits per heavy atom. The highest BCUT2D eigenvalue weighted by Crippen LogP contribution is 2.04. The standard InChI is InChI=1S/C10H19NO3.C7H7NO2.C2H4O2/c1-2-3-4-5-8-11-9(12)6-7-10(13)14;8-6-3-1-5(2-4-6)7(9)10;1-2(3)4/h2-8H2,1H3,(H,11,12)(H,13,14);1-4H,8H2,(H,9,10);1H3,(H,3,4). The summed E-state index contributed by atoms with van der Waals surface area (Å²) >= 11 is 0. The number of hydrogen-bond donors (Lipinski definition) is 5. The highest BCUT2D eigenvalue weighted by Gasteiger charge is 2.03. The number of anilines is 1. The Morgan fingerprint density at radius 3 is 1.89 bits per heavy atom. The lowest BCUT2D eigenvalue weighted by Crippen LogP contribution is -2.24. The van der Waals surface area contributed by atoms with Gasteiger partial charge in [-0.2, -0.15) is 0 Å². The molecule has 1 amide bonds. The quantitative estimate of drug-likeness (QED) is 0.312. The van der Waals surface area contributed by atoms with Gasteiger partial charge >= 0.3 is 11.9 Å². The first-order chi connectivity index (χ1) is 13.1. The van der Waals surface area contributed by atoms with Gasteiger partial charge in [0.1, 0.15) is 0 Å². The molecule has 0 atom stereocenters. The van der Waals surface area contributed by atoms with E-state index in [1.807, 2.05) is 0 Å². The Balaban J connectivity index is 0. The van der Waals surface area contributed by atoms with Gasteiger partial charge in [0.2, 0.25) is 5.91 Å². The molecule has 158 valence electrons. The van der Waals surface area contributed by atoms with Crippen LogP contribution in [0.4, 0.5) is 5.69 Å². The predicted molar refractivity (Wildman–Crippen MR) is 105 cm³/mol. The molecule has 0 aromatic heterocycles. The molecular formula is C19H30N2O7. The molecule has 9 heteroatoms. The molecule has 0 spiro atoms. The summed E-state index contributed by atoms with van der Waals surface area (Å²) in [5.41, 5.74) is 6.17. The number of nitrogen functional groups attached to an aromatic ring is 1. The molecule has 0 unspecified atom stereocenters. The number of aliphatic carboxylic acids is 2. The van der Waals surface area contributed by atoms with E-state index in [0.29, 0.717) is 12.2 Å². The molecule has 0 aliphatic rings. The van der Waals surface area contributed by atoms with Crippen LogP contribution in [0.3, 0.4) is 0 Å². The van der Waals surface area contributed by atoms with Crippen molar-refractivity contribution in [3.63, 3.8) is 0 Å². The average Bonchev–Trinajstić information content (AvgIpc) is 2.60. The van der Waals surface area contributed by atoms with Crippen molar-refractivity contribution in [3.05, 3.63) is 29.8 Å². The molecule has 1 rings (SSSR count). The summed E-state index contributed by atoms with van der Waals surface area (Å²) in [4.78, 5) is 40.4. The number of hydrogen-bond acceptors (Lipinski definition) is 5. The van der Waals surface area contributed by atoms with E-state index in [-0.39, 0.29) is 24.3 Å². The lowest BCUT2D eigenvalue weighted by Gasteiger charge is -2.03. The first kappa shape index (κ1) is 27.1. The van der Waals surface area contributed by atoms with Gasteiger partial charge in [0.05, 0.1) is 12.0 Å². The summed E-state index contributed by atoms with van der Waals surface area (Å²) in [7, 11) is 0. The summed E-state index contributed by atoms with van der Waals surface area (Å²) < 4.78 is 0. The van der Waals surface area contributed by atoms with E-state index in [0.717, 1.165) is 19.8 Å². The number of nitrogens with two attached hydrogens (primary N) is 1. The van der Waals surface area contributed by atoms with E-state index in [9.17, 15) is 14.4 Å². The van der Waals surface area contributed by atoms with Crippen molar-refractivity contribution < 1.29 is 34.5 Å². The number of aromatic carboxylic acids is 1. The summed E-state index contributed by atoms with van der Waals surface area (Å²) in [5.74, 6) is -2.85. The number of carboxylic acids is 3. The van der Waals surface area contributed by atoms with Gasteiger partial charge in [0.25, 0.3) is 5.97 Å². The van der Waals surface area contributed by atoms with Gasteiger partial charge in [-0.1, -0.05) is 26.2 Å². The second-order valence-corrected chi connectivity index (χ2v) is 5.75. The van der Waals surface area contributed by atoms with Crippen LogP contribution >= 0.6 is 0 Å². The molecule has 0 bridgehead atoms. The van der Waals surface area contributed by atoms with Crippen LogP contribution in [0, 0.1) is 0 Å². The van der Waals surface area contributed by atoms with E-state index in [1.54, 1.807) is 12.1 Å². The topological polar surface area (TPSA) is 167 Å². The van der Waals surface area contributed by atoms with Gasteiger partial charge < -0.3 is 26.4 Å². The molecule has 9 nitrogen and oxygen atoms in total. The van der Waals surface area contributed by atoms with Crippen LogP contribution in [0.5, 0.6) is 0 Å². The number of carbonyl (C=O) groups is 4. The molecule has 6 N–H and O–H groups in total. The number of carbonyl (C=O) groups excluding carboxylic acids is 1. The van der Waals surface area contributed by atoms with Crippen molar-refractivity contribution in [2.45, 2.75) is 52.4 Å². The maximum Gasteiger partial charge on any atom is 0.335 e. The minimum Gasteiger partial charge on any atom is -0.481 e. The molecule has 0 heterocycles.